The molecule has 2 heteroatoms. The second kappa shape index (κ2) is 5.51. The molecule has 0 saturated carbocycles. The summed E-state index contributed by atoms with van der Waals surface area (Å²) >= 11 is 0. The summed E-state index contributed by atoms with van der Waals surface area (Å²) in [5.74, 6) is 1.98. The van der Waals surface area contributed by atoms with Gasteiger partial charge in [0.2, 0.25) is 0 Å². The van der Waals surface area contributed by atoms with Crippen LogP contribution in [0.5, 0.6) is 5.75 Å². The van der Waals surface area contributed by atoms with Crippen LogP contribution in [0.25, 0.3) is 11.1 Å². The molecule has 0 saturated heterocycles. The highest BCUT2D eigenvalue weighted by atomic mass is 16.5. The minimum atomic E-state index is 0.460. The van der Waals surface area contributed by atoms with E-state index in [-0.39, 0.29) is 0 Å². The second-order valence-electron chi connectivity index (χ2n) is 6.39. The zero-order chi connectivity index (χ0) is 15.0. The van der Waals surface area contributed by atoms with Crippen molar-refractivity contribution in [2.24, 2.45) is 0 Å². The Morgan fingerprint density at radius 1 is 0.952 bits per heavy atom. The summed E-state index contributed by atoms with van der Waals surface area (Å²) in [6.45, 7) is 9.50. The molecule has 2 aromatic rings. The van der Waals surface area contributed by atoms with Crippen LogP contribution in [0.2, 0.25) is 0 Å². The van der Waals surface area contributed by atoms with Gasteiger partial charge in [-0.2, -0.15) is 0 Å². The van der Waals surface area contributed by atoms with Gasteiger partial charge in [0.25, 0.3) is 0 Å². The van der Waals surface area contributed by atoms with Crippen molar-refractivity contribution in [1.82, 2.24) is 4.98 Å². The first-order chi connectivity index (χ1) is 10.1. The molecule has 2 heterocycles. The smallest absolute Gasteiger partial charge is 0.127 e. The summed E-state index contributed by atoms with van der Waals surface area (Å²) < 4.78 is 5.98. The van der Waals surface area contributed by atoms with E-state index in [0.717, 1.165) is 23.6 Å². The molecule has 0 aliphatic carbocycles. The first-order valence-electron chi connectivity index (χ1n) is 7.83. The van der Waals surface area contributed by atoms with E-state index in [9.17, 15) is 0 Å². The normalized spacial score (nSPS) is 13.6. The van der Waals surface area contributed by atoms with Crippen LogP contribution < -0.4 is 4.74 Å². The van der Waals surface area contributed by atoms with Gasteiger partial charge in [0, 0.05) is 23.2 Å². The van der Waals surface area contributed by atoms with E-state index in [2.05, 4.69) is 58.0 Å². The molecule has 2 nitrogen and oxygen atoms in total. The Morgan fingerprint density at radius 2 is 1.71 bits per heavy atom. The van der Waals surface area contributed by atoms with Crippen molar-refractivity contribution in [2.45, 2.75) is 46.0 Å². The van der Waals surface area contributed by atoms with Crippen LogP contribution in [0.15, 0.2) is 30.3 Å². The highest BCUT2D eigenvalue weighted by molar-refractivity contribution is 5.73. The molecule has 0 fully saturated rings. The van der Waals surface area contributed by atoms with Crippen LogP contribution in [0, 0.1) is 0 Å². The molecule has 0 spiro atoms. The maximum atomic E-state index is 5.98. The van der Waals surface area contributed by atoms with Crippen LogP contribution in [0.4, 0.5) is 0 Å². The number of fused-ring (bicyclic) bond motifs is 3. The lowest BCUT2D eigenvalue weighted by atomic mass is 9.96. The number of hydrogen-bond donors (Lipinski definition) is 0. The molecule has 0 bridgehead atoms. The molecular formula is C19H23NO. The van der Waals surface area contributed by atoms with Crippen molar-refractivity contribution in [3.05, 3.63) is 47.3 Å². The van der Waals surface area contributed by atoms with Gasteiger partial charge in [-0.1, -0.05) is 45.9 Å². The fourth-order valence-corrected chi connectivity index (χ4v) is 2.77. The van der Waals surface area contributed by atoms with Gasteiger partial charge in [0.15, 0.2) is 0 Å². The first kappa shape index (κ1) is 14.1. The predicted octanol–water partition coefficient (Wildman–Crippen LogP) is 4.93. The van der Waals surface area contributed by atoms with Gasteiger partial charge in [0.1, 0.15) is 5.75 Å². The van der Waals surface area contributed by atoms with Gasteiger partial charge < -0.3 is 4.74 Å². The van der Waals surface area contributed by atoms with E-state index < -0.39 is 0 Å². The fourth-order valence-electron chi connectivity index (χ4n) is 2.77. The number of ether oxygens (including phenoxy) is 1. The molecule has 1 aromatic carbocycles. The van der Waals surface area contributed by atoms with E-state index in [1.165, 1.54) is 16.7 Å². The SMILES string of the molecule is CC(C)c1ccc2c(c1)OCCc1nc(C(C)C)ccc1-2. The van der Waals surface area contributed by atoms with Crippen LogP contribution in [-0.2, 0) is 6.42 Å². The average Bonchev–Trinajstić information content (AvgIpc) is 2.64. The van der Waals surface area contributed by atoms with Crippen molar-refractivity contribution in [1.29, 1.82) is 0 Å². The molecule has 0 amide bonds. The van der Waals surface area contributed by atoms with E-state index >= 15 is 0 Å². The molecule has 0 atom stereocenters. The summed E-state index contributed by atoms with van der Waals surface area (Å²) in [4.78, 5) is 4.85. The quantitative estimate of drug-likeness (QED) is 0.778. The molecule has 1 aliphatic rings. The maximum Gasteiger partial charge on any atom is 0.127 e. The summed E-state index contributed by atoms with van der Waals surface area (Å²) in [5.41, 5.74) is 6.05. The van der Waals surface area contributed by atoms with Crippen molar-refractivity contribution in [3.63, 3.8) is 0 Å². The van der Waals surface area contributed by atoms with Gasteiger partial charge in [-0.05, 0) is 29.5 Å². The van der Waals surface area contributed by atoms with E-state index in [1.807, 2.05) is 0 Å². The number of rotatable bonds is 2. The molecule has 0 N–H and O–H groups in total. The lowest BCUT2D eigenvalue weighted by Gasteiger charge is -2.13. The Bertz CT molecular complexity index is 601. The van der Waals surface area contributed by atoms with Crippen LogP contribution in [-0.4, -0.2) is 11.6 Å². The average molecular weight is 281 g/mol. The Balaban J connectivity index is 2.11. The molecule has 1 aliphatic heterocycles. The molecule has 110 valence electrons. The molecule has 0 radical (unpaired) electrons. The Morgan fingerprint density at radius 3 is 2.43 bits per heavy atom. The summed E-state index contributed by atoms with van der Waals surface area (Å²) in [7, 11) is 0. The number of benzene rings is 1. The monoisotopic (exact) mass is 281 g/mol. The third kappa shape index (κ3) is 2.67. The van der Waals surface area contributed by atoms with Crippen molar-refractivity contribution >= 4 is 0 Å². The number of nitrogens with zero attached hydrogens (tertiary/aromatic N) is 1. The zero-order valence-corrected chi connectivity index (χ0v) is 13.3. The summed E-state index contributed by atoms with van der Waals surface area (Å²) in [6.07, 6.45) is 0.877. The van der Waals surface area contributed by atoms with Crippen molar-refractivity contribution < 1.29 is 4.74 Å². The lowest BCUT2D eigenvalue weighted by Crippen LogP contribution is -2.03. The molecule has 3 rings (SSSR count). The third-order valence-corrected chi connectivity index (χ3v) is 4.15. The summed E-state index contributed by atoms with van der Waals surface area (Å²) in [5, 5.41) is 0. The molecular weight excluding hydrogens is 258 g/mol. The minimum absolute atomic E-state index is 0.460. The van der Waals surface area contributed by atoms with E-state index in [4.69, 9.17) is 9.72 Å². The maximum absolute atomic E-state index is 5.98. The van der Waals surface area contributed by atoms with Crippen molar-refractivity contribution in [2.75, 3.05) is 6.61 Å². The Labute approximate surface area is 127 Å². The minimum Gasteiger partial charge on any atom is -0.493 e. The fraction of sp³-hybridized carbons (Fsp3) is 0.421. The van der Waals surface area contributed by atoms with Gasteiger partial charge in [0.05, 0.1) is 12.3 Å². The molecule has 1 aromatic heterocycles. The standard InChI is InChI=1S/C19H23NO/c1-12(2)14-5-6-16-15-7-8-17(13(3)4)20-18(15)9-10-21-19(16)11-14/h5-8,11-13H,9-10H2,1-4H3. The van der Waals surface area contributed by atoms with Crippen molar-refractivity contribution in [3.8, 4) is 16.9 Å². The Hall–Kier alpha value is -1.83. The lowest BCUT2D eigenvalue weighted by molar-refractivity contribution is 0.325. The number of hydrogen-bond acceptors (Lipinski definition) is 2. The topological polar surface area (TPSA) is 22.1 Å². The van der Waals surface area contributed by atoms with Gasteiger partial charge in [-0.3, -0.25) is 4.98 Å². The number of aromatic nitrogens is 1. The third-order valence-electron chi connectivity index (χ3n) is 4.15. The van der Waals surface area contributed by atoms with Crippen LogP contribution >= 0.6 is 0 Å². The van der Waals surface area contributed by atoms with Crippen LogP contribution in [0.3, 0.4) is 0 Å². The largest absolute Gasteiger partial charge is 0.493 e. The van der Waals surface area contributed by atoms with E-state index in [0.29, 0.717) is 18.4 Å². The van der Waals surface area contributed by atoms with Gasteiger partial charge in [-0.15, -0.1) is 0 Å². The predicted molar refractivity (Wildman–Crippen MR) is 87.1 cm³/mol. The first-order valence-corrected chi connectivity index (χ1v) is 7.83. The zero-order valence-electron chi connectivity index (χ0n) is 13.3. The highest BCUT2D eigenvalue weighted by Gasteiger charge is 2.18. The van der Waals surface area contributed by atoms with Gasteiger partial charge >= 0.3 is 0 Å². The van der Waals surface area contributed by atoms with Crippen LogP contribution in [0.1, 0.15) is 56.5 Å². The Kier molecular flexibility index (Phi) is 3.71. The summed E-state index contributed by atoms with van der Waals surface area (Å²) in [6, 6.07) is 10.9. The number of pyridine rings is 1. The second-order valence-corrected chi connectivity index (χ2v) is 6.39. The highest BCUT2D eigenvalue weighted by Crippen LogP contribution is 2.37. The van der Waals surface area contributed by atoms with Gasteiger partial charge in [-0.25, -0.2) is 0 Å². The molecule has 21 heavy (non-hydrogen) atoms. The molecule has 0 unspecified atom stereocenters. The van der Waals surface area contributed by atoms with E-state index in [1.54, 1.807) is 0 Å².